The van der Waals surface area contributed by atoms with Crippen molar-refractivity contribution in [3.05, 3.63) is 23.4 Å². The molecule has 130 valence electrons. The molecule has 0 aromatic rings. The van der Waals surface area contributed by atoms with E-state index in [1.54, 1.807) is 13.8 Å². The third-order valence-corrected chi connectivity index (χ3v) is 6.26. The van der Waals surface area contributed by atoms with Crippen LogP contribution in [0.5, 0.6) is 0 Å². The second kappa shape index (κ2) is 5.84. The molecule has 8 heteroatoms. The van der Waals surface area contributed by atoms with E-state index in [2.05, 4.69) is 5.32 Å². The number of nitrogens with two attached hydrogens (primary N) is 1. The Morgan fingerprint density at radius 3 is 2.71 bits per heavy atom. The van der Waals surface area contributed by atoms with Crippen LogP contribution in [0, 0.1) is 0 Å². The molecule has 2 saturated heterocycles. The fourth-order valence-electron chi connectivity index (χ4n) is 3.46. The van der Waals surface area contributed by atoms with Crippen LogP contribution in [0.15, 0.2) is 23.4 Å². The number of allylic oxidation sites excluding steroid dienone is 2. The van der Waals surface area contributed by atoms with E-state index in [1.165, 1.54) is 16.7 Å². The predicted molar refractivity (Wildman–Crippen MR) is 89.9 cm³/mol. The first-order valence-corrected chi connectivity index (χ1v) is 8.74. The van der Waals surface area contributed by atoms with Crippen LogP contribution in [0.25, 0.3) is 0 Å². The van der Waals surface area contributed by atoms with E-state index in [9.17, 15) is 19.5 Å². The first kappa shape index (κ1) is 16.9. The fourth-order valence-corrected chi connectivity index (χ4v) is 5.09. The van der Waals surface area contributed by atoms with Crippen LogP contribution in [-0.4, -0.2) is 50.0 Å². The summed E-state index contributed by atoms with van der Waals surface area (Å²) in [7, 11) is 0. The number of hydrogen-bond donors (Lipinski definition) is 3. The number of carboxylic acids is 1. The second-order valence-electron chi connectivity index (χ2n) is 6.83. The summed E-state index contributed by atoms with van der Waals surface area (Å²) in [6.45, 7) is 3.61. The van der Waals surface area contributed by atoms with E-state index in [-0.39, 0.29) is 23.6 Å². The molecule has 4 N–H and O–H groups in total. The van der Waals surface area contributed by atoms with Gasteiger partial charge in [0.2, 0.25) is 11.8 Å². The lowest BCUT2D eigenvalue weighted by atomic mass is 9.95. The minimum atomic E-state index is -1.01. The number of thioether (sulfide) groups is 1. The highest BCUT2D eigenvalue weighted by molar-refractivity contribution is 8.01. The van der Waals surface area contributed by atoms with Crippen molar-refractivity contribution in [2.24, 2.45) is 5.73 Å². The zero-order valence-electron chi connectivity index (χ0n) is 13.6. The van der Waals surface area contributed by atoms with Crippen LogP contribution >= 0.6 is 11.8 Å². The van der Waals surface area contributed by atoms with Crippen molar-refractivity contribution in [1.29, 1.82) is 0 Å². The van der Waals surface area contributed by atoms with Gasteiger partial charge in [0.15, 0.2) is 0 Å². The lowest BCUT2D eigenvalue weighted by molar-refractivity contribution is -0.161. The van der Waals surface area contributed by atoms with Crippen molar-refractivity contribution in [2.45, 2.75) is 55.3 Å². The molecule has 1 aliphatic carbocycles. The van der Waals surface area contributed by atoms with Crippen LogP contribution in [0.1, 0.15) is 33.1 Å². The molecule has 24 heavy (non-hydrogen) atoms. The Kier molecular flexibility index (Phi) is 4.11. The summed E-state index contributed by atoms with van der Waals surface area (Å²) in [5.74, 6) is -1.59. The normalized spacial score (nSPS) is 30.8. The minimum absolute atomic E-state index is 0.170. The van der Waals surface area contributed by atoms with Gasteiger partial charge in [-0.15, -0.1) is 11.8 Å². The van der Waals surface area contributed by atoms with Gasteiger partial charge in [0.05, 0.1) is 0 Å². The molecule has 3 atom stereocenters. The molecule has 1 unspecified atom stereocenters. The summed E-state index contributed by atoms with van der Waals surface area (Å²) in [4.78, 5) is 37.4. The first-order chi connectivity index (χ1) is 11.2. The Balaban J connectivity index is 1.65. The van der Waals surface area contributed by atoms with Gasteiger partial charge in [-0.1, -0.05) is 12.2 Å². The molecule has 2 heterocycles. The van der Waals surface area contributed by atoms with Gasteiger partial charge in [-0.05, 0) is 25.8 Å². The average Bonchev–Trinajstić information content (AvgIpc) is 2.76. The van der Waals surface area contributed by atoms with E-state index in [0.29, 0.717) is 18.5 Å². The number of carboxylic acid groups (broad SMARTS) is 1. The number of rotatable bonds is 4. The molecule has 0 spiro atoms. The molecule has 7 nitrogen and oxygen atoms in total. The van der Waals surface area contributed by atoms with E-state index < -0.39 is 22.8 Å². The highest BCUT2D eigenvalue weighted by atomic mass is 32.2. The smallest absolute Gasteiger partial charge is 0.327 e. The van der Waals surface area contributed by atoms with Crippen LogP contribution in [0.2, 0.25) is 0 Å². The first-order valence-electron chi connectivity index (χ1n) is 7.86. The summed E-state index contributed by atoms with van der Waals surface area (Å²) >= 11 is 1.42. The largest absolute Gasteiger partial charge is 0.480 e. The molecule has 2 aliphatic heterocycles. The lowest BCUT2D eigenvalue weighted by Crippen LogP contribution is -2.70. The Morgan fingerprint density at radius 1 is 1.42 bits per heavy atom. The summed E-state index contributed by atoms with van der Waals surface area (Å²) in [6, 6.07) is -1.53. The number of hydrogen-bond acceptors (Lipinski definition) is 5. The fraction of sp³-hybridized carbons (Fsp3) is 0.562. The Hall–Kier alpha value is -1.96. The molecule has 0 saturated carbocycles. The minimum Gasteiger partial charge on any atom is -0.480 e. The van der Waals surface area contributed by atoms with Crippen LogP contribution in [-0.2, 0) is 14.4 Å². The molecular formula is C16H21N3O4S. The van der Waals surface area contributed by atoms with Gasteiger partial charge in [-0.3, -0.25) is 9.59 Å². The maximum Gasteiger partial charge on any atom is 0.327 e. The number of nitrogens with one attached hydrogen (secondary N) is 1. The number of fused-ring (bicyclic) bond motifs is 1. The van der Waals surface area contributed by atoms with Crippen LogP contribution in [0.3, 0.4) is 0 Å². The van der Waals surface area contributed by atoms with Gasteiger partial charge < -0.3 is 21.1 Å². The third kappa shape index (κ3) is 2.68. The average molecular weight is 351 g/mol. The van der Waals surface area contributed by atoms with Crippen molar-refractivity contribution in [3.63, 3.8) is 0 Å². The lowest BCUT2D eigenvalue weighted by Gasteiger charge is -2.43. The zero-order valence-corrected chi connectivity index (χ0v) is 14.4. The molecule has 0 radical (unpaired) electrons. The maximum absolute atomic E-state index is 12.3. The standard InChI is InChI=1S/C16H21N3O4S/c1-16(2)12(15(22)23)19-13(21)11(14(19)24-16)18-10(20)7-8-5-3-4-6-9(8)17/h3-4,11-12,14H,5-7,17H2,1-2H3,(H,18,20)(H,22,23)/t11?,12-,14+/m0/s1. The summed E-state index contributed by atoms with van der Waals surface area (Å²) in [6.07, 6.45) is 5.40. The molecule has 2 fully saturated rings. The highest BCUT2D eigenvalue weighted by Crippen LogP contribution is 2.50. The Labute approximate surface area is 144 Å². The van der Waals surface area contributed by atoms with Gasteiger partial charge in [0.1, 0.15) is 17.5 Å². The van der Waals surface area contributed by atoms with E-state index >= 15 is 0 Å². The van der Waals surface area contributed by atoms with Crippen molar-refractivity contribution in [1.82, 2.24) is 10.2 Å². The molecule has 2 amide bonds. The van der Waals surface area contributed by atoms with Crippen LogP contribution < -0.4 is 11.1 Å². The monoisotopic (exact) mass is 351 g/mol. The number of carbonyl (C=O) groups excluding carboxylic acids is 2. The zero-order chi connectivity index (χ0) is 17.6. The third-order valence-electron chi connectivity index (χ3n) is 4.69. The number of aliphatic carboxylic acids is 1. The summed E-state index contributed by atoms with van der Waals surface area (Å²) in [5, 5.41) is 11.8. The molecule has 3 rings (SSSR count). The molecular weight excluding hydrogens is 330 g/mol. The van der Waals surface area contributed by atoms with Crippen molar-refractivity contribution in [2.75, 3.05) is 0 Å². The number of nitrogens with zero attached hydrogens (tertiary/aromatic N) is 1. The SMILES string of the molecule is CC1(C)S[C@@H]2C(NC(=O)CC3=C(N)CC=CC3)C(=O)N2[C@H]1C(=O)O. The predicted octanol–water partition coefficient (Wildman–Crippen LogP) is 0.571. The van der Waals surface area contributed by atoms with E-state index in [1.807, 2.05) is 12.2 Å². The van der Waals surface area contributed by atoms with Gasteiger partial charge in [0, 0.05) is 23.3 Å². The molecule has 0 bridgehead atoms. The maximum atomic E-state index is 12.3. The number of β-lactam (4-membered cyclic amide) rings is 1. The summed E-state index contributed by atoms with van der Waals surface area (Å²) in [5.41, 5.74) is 7.49. The number of amides is 2. The van der Waals surface area contributed by atoms with Crippen LogP contribution in [0.4, 0.5) is 0 Å². The van der Waals surface area contributed by atoms with Crippen molar-refractivity contribution in [3.8, 4) is 0 Å². The van der Waals surface area contributed by atoms with Crippen molar-refractivity contribution >= 4 is 29.5 Å². The Morgan fingerprint density at radius 2 is 2.08 bits per heavy atom. The van der Waals surface area contributed by atoms with Gasteiger partial charge in [-0.2, -0.15) is 0 Å². The number of carbonyl (C=O) groups is 3. The Bertz CT molecular complexity index is 670. The van der Waals surface area contributed by atoms with Gasteiger partial charge in [0.25, 0.3) is 0 Å². The van der Waals surface area contributed by atoms with Gasteiger partial charge in [-0.25, -0.2) is 4.79 Å². The van der Waals surface area contributed by atoms with Gasteiger partial charge >= 0.3 is 5.97 Å². The molecule has 0 aromatic carbocycles. The summed E-state index contributed by atoms with van der Waals surface area (Å²) < 4.78 is -0.591. The topological polar surface area (TPSA) is 113 Å². The second-order valence-corrected chi connectivity index (χ2v) is 8.60. The van der Waals surface area contributed by atoms with E-state index in [0.717, 1.165) is 5.57 Å². The van der Waals surface area contributed by atoms with E-state index in [4.69, 9.17) is 5.73 Å². The highest BCUT2D eigenvalue weighted by Gasteiger charge is 2.64. The van der Waals surface area contributed by atoms with Crippen molar-refractivity contribution < 1.29 is 19.5 Å². The molecule has 3 aliphatic rings. The molecule has 0 aromatic heterocycles. The quantitative estimate of drug-likeness (QED) is 0.504.